The molecule has 0 heterocycles. The van der Waals surface area contributed by atoms with Crippen molar-refractivity contribution in [2.75, 3.05) is 0 Å². The van der Waals surface area contributed by atoms with Crippen LogP contribution >= 0.6 is 0 Å². The molecule has 0 fully saturated rings. The second-order valence-electron chi connectivity index (χ2n) is 6.92. The van der Waals surface area contributed by atoms with Gasteiger partial charge in [-0.05, 0) is 54.4 Å². The molecular weight excluding hydrogens is 253 g/mol. The molecule has 1 unspecified atom stereocenters. The van der Waals surface area contributed by atoms with Gasteiger partial charge in [-0.15, -0.1) is 0 Å². The quantitative estimate of drug-likeness (QED) is 0.880. The van der Waals surface area contributed by atoms with Crippen molar-refractivity contribution in [2.24, 2.45) is 5.41 Å². The van der Waals surface area contributed by atoms with E-state index in [1.54, 1.807) is 6.07 Å². The minimum absolute atomic E-state index is 0.0113. The Morgan fingerprint density at radius 3 is 2.85 bits per heavy atom. The summed E-state index contributed by atoms with van der Waals surface area (Å²) in [7, 11) is 0. The van der Waals surface area contributed by atoms with E-state index >= 15 is 0 Å². The molecule has 1 aliphatic rings. The SMILES string of the molecule is CC(C)(C)CCCC(=O)NC1CCc2ccc(F)cc21. The Balaban J connectivity index is 1.86. The van der Waals surface area contributed by atoms with Gasteiger partial charge in [0.25, 0.3) is 0 Å². The third-order valence-electron chi connectivity index (χ3n) is 3.85. The number of nitrogens with one attached hydrogen (secondary N) is 1. The summed E-state index contributed by atoms with van der Waals surface area (Å²) in [5.74, 6) is -0.144. The lowest BCUT2D eigenvalue weighted by Gasteiger charge is -2.18. The highest BCUT2D eigenvalue weighted by Crippen LogP contribution is 2.31. The van der Waals surface area contributed by atoms with Gasteiger partial charge in [-0.2, -0.15) is 0 Å². The first-order valence-electron chi connectivity index (χ1n) is 7.43. The Bertz CT molecular complexity index is 490. The number of carbonyl (C=O) groups excluding carboxylic acids is 1. The first kappa shape index (κ1) is 15.0. The number of fused-ring (bicyclic) bond motifs is 1. The molecule has 1 aromatic rings. The molecule has 1 atom stereocenters. The highest BCUT2D eigenvalue weighted by atomic mass is 19.1. The molecular formula is C17H24FNO. The maximum atomic E-state index is 13.3. The largest absolute Gasteiger partial charge is 0.349 e. The first-order chi connectivity index (χ1) is 9.35. The molecule has 20 heavy (non-hydrogen) atoms. The molecule has 0 spiro atoms. The zero-order chi connectivity index (χ0) is 14.8. The third-order valence-corrected chi connectivity index (χ3v) is 3.85. The summed E-state index contributed by atoms with van der Waals surface area (Å²) in [6.07, 6.45) is 4.29. The molecule has 0 aromatic heterocycles. The van der Waals surface area contributed by atoms with E-state index in [9.17, 15) is 9.18 Å². The van der Waals surface area contributed by atoms with Gasteiger partial charge < -0.3 is 5.32 Å². The van der Waals surface area contributed by atoms with Crippen molar-refractivity contribution in [2.45, 2.75) is 58.9 Å². The Labute approximate surface area is 120 Å². The molecule has 1 aromatic carbocycles. The van der Waals surface area contributed by atoms with E-state index in [1.165, 1.54) is 6.07 Å². The minimum Gasteiger partial charge on any atom is -0.349 e. The maximum Gasteiger partial charge on any atom is 0.220 e. The molecule has 0 saturated carbocycles. The molecule has 0 aliphatic heterocycles. The summed E-state index contributed by atoms with van der Waals surface area (Å²) in [5, 5.41) is 3.04. The van der Waals surface area contributed by atoms with Gasteiger partial charge in [0.15, 0.2) is 0 Å². The van der Waals surface area contributed by atoms with Crippen LogP contribution in [0.3, 0.4) is 0 Å². The van der Waals surface area contributed by atoms with Gasteiger partial charge in [0.1, 0.15) is 5.82 Å². The van der Waals surface area contributed by atoms with E-state index in [0.717, 1.165) is 36.8 Å². The number of hydrogen-bond acceptors (Lipinski definition) is 1. The molecule has 110 valence electrons. The number of carbonyl (C=O) groups is 1. The van der Waals surface area contributed by atoms with Crippen molar-refractivity contribution in [3.8, 4) is 0 Å². The zero-order valence-corrected chi connectivity index (χ0v) is 12.6. The van der Waals surface area contributed by atoms with Gasteiger partial charge in [-0.1, -0.05) is 26.8 Å². The van der Waals surface area contributed by atoms with Gasteiger partial charge in [-0.25, -0.2) is 4.39 Å². The average molecular weight is 277 g/mol. The van der Waals surface area contributed by atoms with Crippen LogP contribution in [0.5, 0.6) is 0 Å². The summed E-state index contributed by atoms with van der Waals surface area (Å²) in [6, 6.07) is 4.87. The Morgan fingerprint density at radius 1 is 1.40 bits per heavy atom. The first-order valence-corrected chi connectivity index (χ1v) is 7.43. The molecule has 3 heteroatoms. The van der Waals surface area contributed by atoms with Gasteiger partial charge in [0.2, 0.25) is 5.91 Å². The summed E-state index contributed by atoms with van der Waals surface area (Å²) in [5.41, 5.74) is 2.38. The second-order valence-corrected chi connectivity index (χ2v) is 6.92. The predicted molar refractivity (Wildman–Crippen MR) is 78.9 cm³/mol. The Morgan fingerprint density at radius 2 is 2.15 bits per heavy atom. The van der Waals surface area contributed by atoms with E-state index in [0.29, 0.717) is 6.42 Å². The molecule has 0 bridgehead atoms. The molecule has 1 N–H and O–H groups in total. The molecule has 0 saturated heterocycles. The predicted octanol–water partition coefficient (Wildman–Crippen LogP) is 4.15. The molecule has 1 amide bonds. The number of amides is 1. The monoisotopic (exact) mass is 277 g/mol. The lowest BCUT2D eigenvalue weighted by Crippen LogP contribution is -2.27. The smallest absolute Gasteiger partial charge is 0.220 e. The number of benzene rings is 1. The van der Waals surface area contributed by atoms with Crippen LogP contribution in [0, 0.1) is 11.2 Å². The normalized spacial score (nSPS) is 17.9. The van der Waals surface area contributed by atoms with E-state index in [4.69, 9.17) is 0 Å². The molecule has 2 rings (SSSR count). The van der Waals surface area contributed by atoms with Crippen LogP contribution in [0.15, 0.2) is 18.2 Å². The van der Waals surface area contributed by atoms with Crippen molar-refractivity contribution >= 4 is 5.91 Å². The van der Waals surface area contributed by atoms with Gasteiger partial charge >= 0.3 is 0 Å². The number of halogens is 1. The van der Waals surface area contributed by atoms with Gasteiger partial charge in [0.05, 0.1) is 6.04 Å². The minimum atomic E-state index is -0.224. The van der Waals surface area contributed by atoms with Crippen molar-refractivity contribution in [3.63, 3.8) is 0 Å². The molecule has 0 radical (unpaired) electrons. The lowest BCUT2D eigenvalue weighted by atomic mass is 9.90. The third kappa shape index (κ3) is 4.06. The van der Waals surface area contributed by atoms with E-state index in [2.05, 4.69) is 26.1 Å². The van der Waals surface area contributed by atoms with E-state index < -0.39 is 0 Å². The van der Waals surface area contributed by atoms with Crippen LogP contribution in [0.2, 0.25) is 0 Å². The second kappa shape index (κ2) is 5.94. The lowest BCUT2D eigenvalue weighted by molar-refractivity contribution is -0.122. The van der Waals surface area contributed by atoms with Crippen LogP contribution in [0.4, 0.5) is 4.39 Å². The maximum absolute atomic E-state index is 13.3. The summed E-state index contributed by atoms with van der Waals surface area (Å²) >= 11 is 0. The topological polar surface area (TPSA) is 29.1 Å². The summed E-state index contributed by atoms with van der Waals surface area (Å²) in [4.78, 5) is 12.0. The number of rotatable bonds is 4. The summed E-state index contributed by atoms with van der Waals surface area (Å²) < 4.78 is 13.3. The fourth-order valence-electron chi connectivity index (χ4n) is 2.77. The molecule has 2 nitrogen and oxygen atoms in total. The van der Waals surface area contributed by atoms with Crippen LogP contribution < -0.4 is 5.32 Å². The van der Waals surface area contributed by atoms with Crippen LogP contribution in [-0.4, -0.2) is 5.91 Å². The van der Waals surface area contributed by atoms with Crippen molar-refractivity contribution in [1.82, 2.24) is 5.32 Å². The van der Waals surface area contributed by atoms with Crippen LogP contribution in [0.1, 0.15) is 63.6 Å². The highest BCUT2D eigenvalue weighted by molar-refractivity contribution is 5.76. The van der Waals surface area contributed by atoms with Gasteiger partial charge in [-0.3, -0.25) is 4.79 Å². The van der Waals surface area contributed by atoms with Crippen LogP contribution in [-0.2, 0) is 11.2 Å². The van der Waals surface area contributed by atoms with Crippen LogP contribution in [0.25, 0.3) is 0 Å². The van der Waals surface area contributed by atoms with Crippen molar-refractivity contribution < 1.29 is 9.18 Å². The summed E-state index contributed by atoms with van der Waals surface area (Å²) in [6.45, 7) is 6.54. The van der Waals surface area contributed by atoms with Gasteiger partial charge in [0, 0.05) is 6.42 Å². The molecule has 1 aliphatic carbocycles. The number of aryl methyl sites for hydroxylation is 1. The Hall–Kier alpha value is -1.38. The highest BCUT2D eigenvalue weighted by Gasteiger charge is 2.24. The standard InChI is InChI=1S/C17H24FNO/c1-17(2,3)10-4-5-16(20)19-15-9-7-12-6-8-13(18)11-14(12)15/h6,8,11,15H,4-5,7,9-10H2,1-3H3,(H,19,20). The average Bonchev–Trinajstić information content (AvgIpc) is 2.70. The Kier molecular flexibility index (Phi) is 4.46. The van der Waals surface area contributed by atoms with E-state index in [-0.39, 0.29) is 23.2 Å². The fraction of sp³-hybridized carbons (Fsp3) is 0.588. The van der Waals surface area contributed by atoms with E-state index in [1.807, 2.05) is 6.07 Å². The number of hydrogen-bond donors (Lipinski definition) is 1. The zero-order valence-electron chi connectivity index (χ0n) is 12.6. The van der Waals surface area contributed by atoms with Crippen molar-refractivity contribution in [3.05, 3.63) is 35.1 Å². The fourth-order valence-corrected chi connectivity index (χ4v) is 2.77. The van der Waals surface area contributed by atoms with Crippen molar-refractivity contribution in [1.29, 1.82) is 0 Å².